The van der Waals surface area contributed by atoms with Gasteiger partial charge in [-0.05, 0) is 24.3 Å². The second-order valence-corrected chi connectivity index (χ2v) is 6.53. The minimum Gasteiger partial charge on any atom is -0.479 e. The van der Waals surface area contributed by atoms with Crippen molar-refractivity contribution in [3.63, 3.8) is 0 Å². The molecule has 22 heavy (non-hydrogen) atoms. The lowest BCUT2D eigenvalue weighted by molar-refractivity contribution is -0.150. The monoisotopic (exact) mass is 339 g/mol. The van der Waals surface area contributed by atoms with Crippen molar-refractivity contribution in [3.8, 4) is 0 Å². The molecule has 0 bridgehead atoms. The minimum atomic E-state index is -5.39. The van der Waals surface area contributed by atoms with Gasteiger partial charge in [-0.1, -0.05) is 0 Å². The molecule has 0 saturated carbocycles. The van der Waals surface area contributed by atoms with Crippen LogP contribution in [0.4, 0.5) is 18.9 Å². The van der Waals surface area contributed by atoms with E-state index in [2.05, 4.69) is 0 Å². The van der Waals surface area contributed by atoms with E-state index in [1.165, 1.54) is 12.1 Å². The Hall–Kier alpha value is -1.81. The highest BCUT2D eigenvalue weighted by Crippen LogP contribution is 2.31. The first-order valence-corrected chi connectivity index (χ1v) is 7.62. The summed E-state index contributed by atoms with van der Waals surface area (Å²) in [5.74, 6) is -1.14. The molecule has 10 heteroatoms. The number of carboxylic acid groups (broad SMARTS) is 1. The van der Waals surface area contributed by atoms with Crippen LogP contribution in [0.3, 0.4) is 0 Å². The number of alkyl halides is 3. The van der Waals surface area contributed by atoms with Crippen molar-refractivity contribution < 1.29 is 36.2 Å². The van der Waals surface area contributed by atoms with Gasteiger partial charge in [0, 0.05) is 12.2 Å². The molecule has 2 rings (SSSR count). The quantitative estimate of drug-likeness (QED) is 0.893. The maximum atomic E-state index is 12.4. The number of carbonyl (C=O) groups is 1. The number of morpholine rings is 1. The second-order valence-electron chi connectivity index (χ2n) is 4.59. The summed E-state index contributed by atoms with van der Waals surface area (Å²) in [7, 11) is -5.39. The number of nitrogens with zero attached hydrogens (tertiary/aromatic N) is 1. The fraction of sp³-hybridized carbons (Fsp3) is 0.417. The van der Waals surface area contributed by atoms with Crippen LogP contribution in [0.5, 0.6) is 0 Å². The molecule has 1 aliphatic rings. The van der Waals surface area contributed by atoms with Crippen LogP contribution in [0.1, 0.15) is 0 Å². The molecule has 1 atom stereocenters. The minimum absolute atomic E-state index is 0.0285. The van der Waals surface area contributed by atoms with E-state index in [0.29, 0.717) is 12.2 Å². The predicted octanol–water partition coefficient (Wildman–Crippen LogP) is 1.27. The summed E-state index contributed by atoms with van der Waals surface area (Å²) >= 11 is 0. The van der Waals surface area contributed by atoms with E-state index < -0.39 is 32.3 Å². The molecule has 1 N–H and O–H groups in total. The highest BCUT2D eigenvalue weighted by atomic mass is 32.2. The summed E-state index contributed by atoms with van der Waals surface area (Å²) in [6.07, 6.45) is -1.03. The number of rotatable bonds is 3. The van der Waals surface area contributed by atoms with Gasteiger partial charge in [-0.15, -0.1) is 0 Å². The van der Waals surface area contributed by atoms with Crippen molar-refractivity contribution in [1.29, 1.82) is 0 Å². The van der Waals surface area contributed by atoms with Gasteiger partial charge in [0.1, 0.15) is 0 Å². The number of hydrogen-bond donors (Lipinski definition) is 1. The highest BCUT2D eigenvalue weighted by molar-refractivity contribution is 7.92. The van der Waals surface area contributed by atoms with Crippen LogP contribution in [-0.2, 0) is 19.4 Å². The van der Waals surface area contributed by atoms with Gasteiger partial charge in [-0.3, -0.25) is 0 Å². The summed E-state index contributed by atoms with van der Waals surface area (Å²) in [5.41, 5.74) is -4.93. The van der Waals surface area contributed by atoms with Crippen LogP contribution in [0.15, 0.2) is 29.2 Å². The molecule has 6 nitrogen and oxygen atoms in total. The number of sulfone groups is 1. The summed E-state index contributed by atoms with van der Waals surface area (Å²) in [6, 6.07) is 4.12. The Morgan fingerprint density at radius 3 is 2.36 bits per heavy atom. The van der Waals surface area contributed by atoms with E-state index in [-0.39, 0.29) is 13.2 Å². The van der Waals surface area contributed by atoms with Crippen molar-refractivity contribution in [2.75, 3.05) is 24.6 Å². The number of hydrogen-bond acceptors (Lipinski definition) is 5. The Kier molecular flexibility index (Phi) is 4.34. The molecule has 0 radical (unpaired) electrons. The molecule has 0 amide bonds. The number of benzene rings is 1. The van der Waals surface area contributed by atoms with Gasteiger partial charge >= 0.3 is 11.5 Å². The first-order chi connectivity index (χ1) is 10.1. The third-order valence-corrected chi connectivity index (χ3v) is 4.66. The van der Waals surface area contributed by atoms with Crippen molar-refractivity contribution in [3.05, 3.63) is 24.3 Å². The van der Waals surface area contributed by atoms with E-state index in [1.54, 1.807) is 4.90 Å². The summed E-state index contributed by atoms with van der Waals surface area (Å²) in [6.45, 7) is 0.537. The lowest BCUT2D eigenvalue weighted by atomic mass is 10.2. The van der Waals surface area contributed by atoms with Crippen LogP contribution in [0.25, 0.3) is 0 Å². The summed E-state index contributed by atoms with van der Waals surface area (Å²) in [4.78, 5) is 11.6. The van der Waals surface area contributed by atoms with Gasteiger partial charge in [-0.25, -0.2) is 13.2 Å². The van der Waals surface area contributed by atoms with Gasteiger partial charge in [0.15, 0.2) is 6.10 Å². The molecule has 0 aliphatic carbocycles. The van der Waals surface area contributed by atoms with Crippen molar-refractivity contribution in [2.45, 2.75) is 16.5 Å². The Balaban J connectivity index is 2.21. The van der Waals surface area contributed by atoms with Crippen LogP contribution >= 0.6 is 0 Å². The van der Waals surface area contributed by atoms with E-state index in [9.17, 15) is 26.4 Å². The SMILES string of the molecule is O=C(O)C1CN(c2ccc(S(=O)(=O)C(F)(F)F)cc2)CCO1. The number of carboxylic acids is 1. The lowest BCUT2D eigenvalue weighted by Gasteiger charge is -2.32. The Morgan fingerprint density at radius 1 is 1.27 bits per heavy atom. The largest absolute Gasteiger partial charge is 0.501 e. The third-order valence-electron chi connectivity index (χ3n) is 3.16. The zero-order valence-corrected chi connectivity index (χ0v) is 11.9. The lowest BCUT2D eigenvalue weighted by Crippen LogP contribution is -2.46. The Morgan fingerprint density at radius 2 is 1.86 bits per heavy atom. The number of halogens is 3. The number of ether oxygens (including phenoxy) is 1. The van der Waals surface area contributed by atoms with Gasteiger partial charge in [0.25, 0.3) is 9.84 Å². The molecular weight excluding hydrogens is 327 g/mol. The fourth-order valence-electron chi connectivity index (χ4n) is 2.00. The average Bonchev–Trinajstić information content (AvgIpc) is 2.46. The maximum Gasteiger partial charge on any atom is 0.501 e. The topological polar surface area (TPSA) is 83.9 Å². The van der Waals surface area contributed by atoms with Crippen LogP contribution in [0, 0.1) is 0 Å². The first kappa shape index (κ1) is 16.6. The van der Waals surface area contributed by atoms with Crippen molar-refractivity contribution in [2.24, 2.45) is 0 Å². The first-order valence-electron chi connectivity index (χ1n) is 6.13. The van der Waals surface area contributed by atoms with Crippen LogP contribution in [-0.4, -0.2) is 50.8 Å². The zero-order valence-electron chi connectivity index (χ0n) is 11.1. The standard InChI is InChI=1S/C12H12F3NO5S/c13-12(14,15)22(19,20)9-3-1-8(2-4-9)16-5-6-21-10(7-16)11(17)18/h1-4,10H,5-7H2,(H,17,18). The van der Waals surface area contributed by atoms with Gasteiger partial charge in [0.2, 0.25) is 0 Å². The normalized spacial score (nSPS) is 20.0. The molecule has 1 aromatic carbocycles. The van der Waals surface area contributed by atoms with E-state index in [1.807, 2.05) is 0 Å². The molecule has 0 spiro atoms. The number of anilines is 1. The molecule has 1 aliphatic heterocycles. The smallest absolute Gasteiger partial charge is 0.479 e. The number of aliphatic carboxylic acids is 1. The highest BCUT2D eigenvalue weighted by Gasteiger charge is 2.46. The van der Waals surface area contributed by atoms with E-state index in [0.717, 1.165) is 12.1 Å². The average molecular weight is 339 g/mol. The molecule has 1 unspecified atom stereocenters. The van der Waals surface area contributed by atoms with Crippen LogP contribution < -0.4 is 4.90 Å². The van der Waals surface area contributed by atoms with Crippen molar-refractivity contribution in [1.82, 2.24) is 0 Å². The predicted molar refractivity (Wildman–Crippen MR) is 69.3 cm³/mol. The van der Waals surface area contributed by atoms with Gasteiger partial charge in [-0.2, -0.15) is 13.2 Å². The van der Waals surface area contributed by atoms with Gasteiger partial charge in [0.05, 0.1) is 18.0 Å². The van der Waals surface area contributed by atoms with Crippen molar-refractivity contribution >= 4 is 21.5 Å². The second kappa shape index (κ2) is 5.76. The Bertz CT molecular complexity index is 656. The molecule has 1 heterocycles. The molecule has 1 saturated heterocycles. The Labute approximate surface area is 124 Å². The maximum absolute atomic E-state index is 12.4. The molecule has 1 aromatic rings. The van der Waals surface area contributed by atoms with E-state index >= 15 is 0 Å². The molecule has 1 fully saturated rings. The summed E-state index contributed by atoms with van der Waals surface area (Å²) in [5, 5.41) is 8.89. The summed E-state index contributed by atoms with van der Waals surface area (Å²) < 4.78 is 64.8. The van der Waals surface area contributed by atoms with Crippen LogP contribution in [0.2, 0.25) is 0 Å². The molecule has 122 valence electrons. The van der Waals surface area contributed by atoms with E-state index in [4.69, 9.17) is 9.84 Å². The van der Waals surface area contributed by atoms with Gasteiger partial charge < -0.3 is 14.7 Å². The fourth-order valence-corrected chi connectivity index (χ4v) is 2.76. The molecular formula is C12H12F3NO5S. The third kappa shape index (κ3) is 3.17. The molecule has 0 aromatic heterocycles. The zero-order chi connectivity index (χ0) is 16.5.